The maximum atomic E-state index is 13.1. The van der Waals surface area contributed by atoms with Crippen LogP contribution in [0.2, 0.25) is 0 Å². The highest BCUT2D eigenvalue weighted by Gasteiger charge is 2.31. The van der Waals surface area contributed by atoms with Gasteiger partial charge in [0.15, 0.2) is 0 Å². The Balaban J connectivity index is 1.43. The molecule has 5 rings (SSSR count). The molecule has 0 bridgehead atoms. The zero-order chi connectivity index (χ0) is 24.6. The molecule has 0 spiro atoms. The standard InChI is InChI=1S/C22H21N7O5S/c1-34-18-6-2-16(3-7-18)20-14-23-22-24-15-25-28(22)21(20)26-10-12-27(13-11-26)35(32,33)19-8-4-17(5-9-19)29(30)31/h2-9,14-15H,10-13H2,1H3. The Morgan fingerprint density at radius 1 is 0.971 bits per heavy atom. The van der Waals surface area contributed by atoms with Crippen LogP contribution in [0.4, 0.5) is 11.5 Å². The van der Waals surface area contributed by atoms with E-state index in [4.69, 9.17) is 4.74 Å². The van der Waals surface area contributed by atoms with Crippen molar-refractivity contribution in [2.45, 2.75) is 4.90 Å². The number of nitro benzene ring substituents is 1. The minimum atomic E-state index is -3.79. The minimum Gasteiger partial charge on any atom is -0.497 e. The zero-order valence-corrected chi connectivity index (χ0v) is 19.5. The van der Waals surface area contributed by atoms with Crippen LogP contribution in [0.15, 0.2) is 66.0 Å². The largest absolute Gasteiger partial charge is 0.497 e. The van der Waals surface area contributed by atoms with E-state index in [1.807, 2.05) is 24.3 Å². The molecule has 0 N–H and O–H groups in total. The second-order valence-corrected chi connectivity index (χ2v) is 9.78. The molecule has 2 aromatic carbocycles. The quantitative estimate of drug-likeness (QED) is 0.291. The van der Waals surface area contributed by atoms with Crippen LogP contribution in [-0.4, -0.2) is 70.5 Å². The normalized spacial score (nSPS) is 14.8. The van der Waals surface area contributed by atoms with Crippen LogP contribution in [0, 0.1) is 10.1 Å². The number of hydrogen-bond acceptors (Lipinski definition) is 9. The van der Waals surface area contributed by atoms with Gasteiger partial charge in [-0.25, -0.2) is 13.4 Å². The molecule has 0 aliphatic carbocycles. The summed E-state index contributed by atoms with van der Waals surface area (Å²) in [5.74, 6) is 1.94. The van der Waals surface area contributed by atoms with Crippen molar-refractivity contribution in [3.63, 3.8) is 0 Å². The highest BCUT2D eigenvalue weighted by Crippen LogP contribution is 2.32. The van der Waals surface area contributed by atoms with Gasteiger partial charge < -0.3 is 9.64 Å². The molecular formula is C22H21N7O5S. The summed E-state index contributed by atoms with van der Waals surface area (Å²) in [6.07, 6.45) is 3.17. The van der Waals surface area contributed by atoms with Gasteiger partial charge in [0.2, 0.25) is 10.0 Å². The molecule has 0 atom stereocenters. The average molecular weight is 496 g/mol. The first-order valence-corrected chi connectivity index (χ1v) is 12.2. The number of methoxy groups -OCH3 is 1. The number of anilines is 1. The summed E-state index contributed by atoms with van der Waals surface area (Å²) < 4.78 is 34.5. The van der Waals surface area contributed by atoms with Crippen molar-refractivity contribution in [3.05, 3.63) is 71.2 Å². The van der Waals surface area contributed by atoms with E-state index in [0.29, 0.717) is 18.9 Å². The van der Waals surface area contributed by atoms with Gasteiger partial charge in [-0.3, -0.25) is 10.1 Å². The summed E-state index contributed by atoms with van der Waals surface area (Å²) in [7, 11) is -2.18. The van der Waals surface area contributed by atoms with E-state index in [2.05, 4.69) is 20.0 Å². The molecule has 3 heterocycles. The van der Waals surface area contributed by atoms with Gasteiger partial charge in [0.25, 0.3) is 11.5 Å². The second-order valence-electron chi connectivity index (χ2n) is 7.84. The van der Waals surface area contributed by atoms with E-state index in [1.54, 1.807) is 17.8 Å². The number of fused-ring (bicyclic) bond motifs is 1. The topological polar surface area (TPSA) is 136 Å². The number of hydrogen-bond donors (Lipinski definition) is 0. The smallest absolute Gasteiger partial charge is 0.269 e. The number of sulfonamides is 1. The van der Waals surface area contributed by atoms with Crippen LogP contribution in [0.5, 0.6) is 5.75 Å². The summed E-state index contributed by atoms with van der Waals surface area (Å²) in [4.78, 5) is 21.0. The first kappa shape index (κ1) is 22.7. The van der Waals surface area contributed by atoms with Crippen molar-refractivity contribution in [2.75, 3.05) is 38.2 Å². The summed E-state index contributed by atoms with van der Waals surface area (Å²) in [6.45, 7) is 1.29. The lowest BCUT2D eigenvalue weighted by Crippen LogP contribution is -2.49. The minimum absolute atomic E-state index is 0.0260. The van der Waals surface area contributed by atoms with Crippen molar-refractivity contribution < 1.29 is 18.1 Å². The number of rotatable bonds is 6. The Bertz CT molecular complexity index is 1480. The molecule has 13 heteroatoms. The van der Waals surface area contributed by atoms with Crippen LogP contribution < -0.4 is 9.64 Å². The SMILES string of the molecule is COc1ccc(-c2cnc3ncnn3c2N2CCN(S(=O)(=O)c3ccc([N+](=O)[O-])cc3)CC2)cc1. The Hall–Kier alpha value is -4.10. The predicted octanol–water partition coefficient (Wildman–Crippen LogP) is 2.22. The fourth-order valence-electron chi connectivity index (χ4n) is 4.07. The molecule has 180 valence electrons. The molecule has 0 unspecified atom stereocenters. The van der Waals surface area contributed by atoms with E-state index in [-0.39, 0.29) is 23.7 Å². The van der Waals surface area contributed by atoms with Crippen LogP contribution in [-0.2, 0) is 10.0 Å². The molecule has 1 fully saturated rings. The fourth-order valence-corrected chi connectivity index (χ4v) is 5.50. The van der Waals surface area contributed by atoms with Gasteiger partial charge in [-0.15, -0.1) is 0 Å². The van der Waals surface area contributed by atoms with Gasteiger partial charge in [-0.1, -0.05) is 12.1 Å². The lowest BCUT2D eigenvalue weighted by atomic mass is 10.1. The molecule has 0 amide bonds. The first-order valence-electron chi connectivity index (χ1n) is 10.7. The van der Waals surface area contributed by atoms with Crippen LogP contribution in [0.25, 0.3) is 16.9 Å². The number of ether oxygens (including phenoxy) is 1. The van der Waals surface area contributed by atoms with E-state index in [9.17, 15) is 18.5 Å². The summed E-state index contributed by atoms with van der Waals surface area (Å²) in [5.41, 5.74) is 1.58. The number of nitro groups is 1. The van der Waals surface area contributed by atoms with Crippen LogP contribution in [0.1, 0.15) is 0 Å². The Kier molecular flexibility index (Phi) is 5.78. The Labute approximate surface area is 200 Å². The maximum Gasteiger partial charge on any atom is 0.269 e. The molecule has 2 aromatic heterocycles. The van der Waals surface area contributed by atoms with Gasteiger partial charge in [0.05, 0.1) is 16.9 Å². The Morgan fingerprint density at radius 3 is 2.29 bits per heavy atom. The molecular weight excluding hydrogens is 474 g/mol. The van der Waals surface area contributed by atoms with Gasteiger partial charge in [-0.05, 0) is 29.8 Å². The van der Waals surface area contributed by atoms with Gasteiger partial charge >= 0.3 is 0 Å². The molecule has 4 aromatic rings. The van der Waals surface area contributed by atoms with Gasteiger partial charge in [-0.2, -0.15) is 18.9 Å². The second kappa shape index (κ2) is 8.92. The highest BCUT2D eigenvalue weighted by molar-refractivity contribution is 7.89. The van der Waals surface area contributed by atoms with E-state index in [1.165, 1.54) is 34.9 Å². The summed E-state index contributed by atoms with van der Waals surface area (Å²) >= 11 is 0. The lowest BCUT2D eigenvalue weighted by molar-refractivity contribution is -0.384. The van der Waals surface area contributed by atoms with Crippen molar-refractivity contribution in [1.82, 2.24) is 23.9 Å². The lowest BCUT2D eigenvalue weighted by Gasteiger charge is -2.36. The first-order chi connectivity index (χ1) is 16.9. The van der Waals surface area contributed by atoms with Crippen LogP contribution in [0.3, 0.4) is 0 Å². The van der Waals surface area contributed by atoms with E-state index in [0.717, 1.165) is 22.7 Å². The molecule has 1 aliphatic rings. The number of non-ortho nitro benzene ring substituents is 1. The number of nitrogens with zero attached hydrogens (tertiary/aromatic N) is 7. The van der Waals surface area contributed by atoms with Crippen molar-refractivity contribution in [3.8, 4) is 16.9 Å². The molecule has 1 aliphatic heterocycles. The van der Waals surface area contributed by atoms with Gasteiger partial charge in [0.1, 0.15) is 17.9 Å². The number of aromatic nitrogens is 4. The Morgan fingerprint density at radius 2 is 1.66 bits per heavy atom. The third-order valence-corrected chi connectivity index (χ3v) is 7.82. The zero-order valence-electron chi connectivity index (χ0n) is 18.7. The van der Waals surface area contributed by atoms with Crippen molar-refractivity contribution in [2.24, 2.45) is 0 Å². The molecule has 12 nitrogen and oxygen atoms in total. The van der Waals surface area contributed by atoms with Gasteiger partial charge in [0, 0.05) is 50.1 Å². The van der Waals surface area contributed by atoms with E-state index >= 15 is 0 Å². The van der Waals surface area contributed by atoms with Crippen molar-refractivity contribution in [1.29, 1.82) is 0 Å². The third kappa shape index (κ3) is 4.15. The third-order valence-electron chi connectivity index (χ3n) is 5.90. The summed E-state index contributed by atoms with van der Waals surface area (Å²) in [6, 6.07) is 12.5. The maximum absolute atomic E-state index is 13.1. The molecule has 35 heavy (non-hydrogen) atoms. The number of benzene rings is 2. The van der Waals surface area contributed by atoms with Crippen LogP contribution >= 0.6 is 0 Å². The summed E-state index contributed by atoms with van der Waals surface area (Å²) in [5, 5.41) is 15.2. The number of piperazine rings is 1. The monoisotopic (exact) mass is 495 g/mol. The van der Waals surface area contributed by atoms with E-state index < -0.39 is 14.9 Å². The highest BCUT2D eigenvalue weighted by atomic mass is 32.2. The van der Waals surface area contributed by atoms with Crippen molar-refractivity contribution >= 4 is 27.3 Å². The molecule has 0 saturated carbocycles. The molecule has 1 saturated heterocycles. The average Bonchev–Trinajstić information content (AvgIpc) is 3.37. The fraction of sp³-hybridized carbons (Fsp3) is 0.227. The molecule has 0 radical (unpaired) electrons. The predicted molar refractivity (Wildman–Crippen MR) is 127 cm³/mol.